The van der Waals surface area contributed by atoms with Crippen LogP contribution in [0.1, 0.15) is 15.2 Å². The Morgan fingerprint density at radius 3 is 2.54 bits per heavy atom. The van der Waals surface area contributed by atoms with Crippen LogP contribution in [-0.2, 0) is 15.1 Å². The van der Waals surface area contributed by atoms with Crippen molar-refractivity contribution in [2.24, 2.45) is 0 Å². The molecule has 1 aliphatic heterocycles. The minimum absolute atomic E-state index is 0.00408. The molecule has 0 fully saturated rings. The largest absolute Gasteiger partial charge is 0.442 e. The average Bonchev–Trinajstić information content (AvgIpc) is 3.22. The molecule has 1 aliphatic rings. The summed E-state index contributed by atoms with van der Waals surface area (Å²) in [5, 5.41) is 4.89. The number of ether oxygens (including phenoxy) is 1. The zero-order chi connectivity index (χ0) is 18.5. The topological polar surface area (TPSA) is 55.4 Å². The van der Waals surface area contributed by atoms with Gasteiger partial charge in [0.1, 0.15) is 4.88 Å². The Balaban J connectivity index is 1.92. The molecule has 8 heteroatoms. The Morgan fingerprint density at radius 1 is 1.08 bits per heavy atom. The van der Waals surface area contributed by atoms with Crippen molar-refractivity contribution < 1.29 is 27.5 Å². The van der Waals surface area contributed by atoms with E-state index in [9.17, 15) is 22.8 Å². The molecule has 0 saturated heterocycles. The van der Waals surface area contributed by atoms with Gasteiger partial charge in [0.15, 0.2) is 0 Å². The van der Waals surface area contributed by atoms with Crippen molar-refractivity contribution in [1.29, 1.82) is 0 Å². The lowest BCUT2D eigenvalue weighted by Gasteiger charge is -2.29. The first kappa shape index (κ1) is 16.6. The molecule has 4 nitrogen and oxygen atoms in total. The van der Waals surface area contributed by atoms with Crippen LogP contribution in [-0.4, -0.2) is 18.1 Å². The number of benzene rings is 2. The molecule has 1 amide bonds. The SMILES string of the molecule is O=C(OC1(C(F)(F)F)C(=O)Nc2c1ccc1ccccc21)c1cccs1. The number of alkyl halides is 3. The first-order chi connectivity index (χ1) is 12.3. The van der Waals surface area contributed by atoms with Crippen LogP contribution >= 0.6 is 11.3 Å². The Hall–Kier alpha value is -2.87. The lowest BCUT2D eigenvalue weighted by Crippen LogP contribution is -2.51. The van der Waals surface area contributed by atoms with Gasteiger partial charge in [-0.15, -0.1) is 11.3 Å². The van der Waals surface area contributed by atoms with Crippen LogP contribution in [0, 0.1) is 0 Å². The molecule has 0 aliphatic carbocycles. The standard InChI is InChI=1S/C18H10F3NO3S/c19-18(20,21)17(25-15(23)13-6-3-9-26-13)12-8-7-10-4-1-2-5-11(10)14(12)22-16(17)24/h1-9H,(H,22,24). The monoisotopic (exact) mass is 377 g/mol. The van der Waals surface area contributed by atoms with E-state index in [1.165, 1.54) is 29.6 Å². The summed E-state index contributed by atoms with van der Waals surface area (Å²) in [4.78, 5) is 24.7. The van der Waals surface area contributed by atoms with Gasteiger partial charge in [0, 0.05) is 10.9 Å². The molecule has 0 radical (unpaired) electrons. The highest BCUT2D eigenvalue weighted by Crippen LogP contribution is 2.51. The minimum Gasteiger partial charge on any atom is -0.430 e. The van der Waals surface area contributed by atoms with Crippen molar-refractivity contribution in [2.45, 2.75) is 11.8 Å². The number of rotatable bonds is 2. The van der Waals surface area contributed by atoms with Gasteiger partial charge >= 0.3 is 17.7 Å². The van der Waals surface area contributed by atoms with Crippen LogP contribution in [0.25, 0.3) is 10.8 Å². The van der Waals surface area contributed by atoms with Crippen LogP contribution in [0.4, 0.5) is 18.9 Å². The summed E-state index contributed by atoms with van der Waals surface area (Å²) in [7, 11) is 0. The molecule has 132 valence electrons. The van der Waals surface area contributed by atoms with Crippen LogP contribution in [0.2, 0.25) is 0 Å². The van der Waals surface area contributed by atoms with Crippen molar-refractivity contribution in [2.75, 3.05) is 5.32 Å². The third-order valence-electron chi connectivity index (χ3n) is 4.23. The normalized spacial score (nSPS) is 19.3. The average molecular weight is 377 g/mol. The molecule has 26 heavy (non-hydrogen) atoms. The summed E-state index contributed by atoms with van der Waals surface area (Å²) in [6.45, 7) is 0. The Bertz CT molecular complexity index is 1030. The second-order valence-corrected chi connectivity index (χ2v) is 6.66. The van der Waals surface area contributed by atoms with E-state index in [-0.39, 0.29) is 10.6 Å². The van der Waals surface area contributed by atoms with Crippen molar-refractivity contribution in [1.82, 2.24) is 0 Å². The van der Waals surface area contributed by atoms with E-state index < -0.39 is 29.2 Å². The van der Waals surface area contributed by atoms with Gasteiger partial charge in [-0.05, 0) is 16.8 Å². The van der Waals surface area contributed by atoms with Gasteiger partial charge in [0.05, 0.1) is 5.69 Å². The summed E-state index contributed by atoms with van der Waals surface area (Å²) in [6.07, 6.45) is -5.13. The molecular formula is C18H10F3NO3S. The van der Waals surface area contributed by atoms with E-state index in [1.807, 2.05) is 0 Å². The predicted octanol–water partition coefficient (Wildman–Crippen LogP) is 4.47. The van der Waals surface area contributed by atoms with Gasteiger partial charge in [-0.3, -0.25) is 4.79 Å². The highest BCUT2D eigenvalue weighted by molar-refractivity contribution is 7.11. The fourth-order valence-electron chi connectivity index (χ4n) is 3.05. The molecule has 2 heterocycles. The molecule has 1 N–H and O–H groups in total. The van der Waals surface area contributed by atoms with Gasteiger partial charge in [-0.1, -0.05) is 42.5 Å². The van der Waals surface area contributed by atoms with E-state index >= 15 is 0 Å². The first-order valence-electron chi connectivity index (χ1n) is 7.52. The summed E-state index contributed by atoms with van der Waals surface area (Å²) in [6, 6.07) is 12.2. The molecule has 0 spiro atoms. The number of hydrogen-bond donors (Lipinski definition) is 1. The van der Waals surface area contributed by atoms with Gasteiger partial charge in [-0.2, -0.15) is 13.2 Å². The molecule has 1 unspecified atom stereocenters. The first-order valence-corrected chi connectivity index (χ1v) is 8.40. The number of halogens is 3. The minimum atomic E-state index is -5.13. The van der Waals surface area contributed by atoms with Gasteiger partial charge in [0.25, 0.3) is 5.91 Å². The molecule has 2 aromatic carbocycles. The Morgan fingerprint density at radius 2 is 1.85 bits per heavy atom. The fourth-order valence-corrected chi connectivity index (χ4v) is 3.65. The van der Waals surface area contributed by atoms with Crippen LogP contribution in [0.5, 0.6) is 0 Å². The fraction of sp³-hybridized carbons (Fsp3) is 0.111. The number of esters is 1. The van der Waals surface area contributed by atoms with Crippen molar-refractivity contribution >= 4 is 39.7 Å². The molecule has 1 aromatic heterocycles. The van der Waals surface area contributed by atoms with Gasteiger partial charge in [-0.25, -0.2) is 4.79 Å². The number of anilines is 1. The molecule has 3 aromatic rings. The van der Waals surface area contributed by atoms with Crippen molar-refractivity contribution in [3.05, 3.63) is 64.4 Å². The molecule has 0 saturated carbocycles. The number of amides is 1. The predicted molar refractivity (Wildman–Crippen MR) is 90.0 cm³/mol. The second kappa shape index (κ2) is 5.57. The van der Waals surface area contributed by atoms with E-state index in [0.717, 1.165) is 11.3 Å². The number of carbonyl (C=O) groups excluding carboxylic acids is 2. The zero-order valence-corrected chi connectivity index (χ0v) is 13.8. The summed E-state index contributed by atoms with van der Waals surface area (Å²) in [5.74, 6) is -2.63. The quantitative estimate of drug-likeness (QED) is 0.671. The van der Waals surface area contributed by atoms with E-state index in [4.69, 9.17) is 4.74 Å². The van der Waals surface area contributed by atoms with Gasteiger partial charge in [0.2, 0.25) is 0 Å². The lowest BCUT2D eigenvalue weighted by molar-refractivity contribution is -0.251. The van der Waals surface area contributed by atoms with Gasteiger partial charge < -0.3 is 10.1 Å². The third kappa shape index (κ3) is 2.22. The van der Waals surface area contributed by atoms with Crippen LogP contribution < -0.4 is 5.32 Å². The van der Waals surface area contributed by atoms with Crippen LogP contribution in [0.3, 0.4) is 0 Å². The summed E-state index contributed by atoms with van der Waals surface area (Å²) >= 11 is 0.935. The maximum Gasteiger partial charge on any atom is 0.442 e. The smallest absolute Gasteiger partial charge is 0.430 e. The molecule has 4 rings (SSSR count). The highest BCUT2D eigenvalue weighted by atomic mass is 32.1. The number of nitrogens with one attached hydrogen (secondary N) is 1. The third-order valence-corrected chi connectivity index (χ3v) is 5.08. The number of carbonyl (C=O) groups is 2. The molecular weight excluding hydrogens is 367 g/mol. The summed E-state index contributed by atoms with van der Waals surface area (Å²) < 4.78 is 46.9. The molecule has 0 bridgehead atoms. The maximum absolute atomic E-state index is 14.0. The van der Waals surface area contributed by atoms with E-state index in [2.05, 4.69) is 5.32 Å². The van der Waals surface area contributed by atoms with E-state index in [0.29, 0.717) is 10.8 Å². The molecule has 1 atom stereocenters. The number of fused-ring (bicyclic) bond motifs is 3. The van der Waals surface area contributed by atoms with Crippen LogP contribution in [0.15, 0.2) is 53.9 Å². The summed E-state index contributed by atoms with van der Waals surface area (Å²) in [5.41, 5.74) is -3.80. The Kier molecular flexibility index (Phi) is 3.55. The zero-order valence-electron chi connectivity index (χ0n) is 13.0. The maximum atomic E-state index is 14.0. The number of hydrogen-bond acceptors (Lipinski definition) is 4. The van der Waals surface area contributed by atoms with Crippen molar-refractivity contribution in [3.8, 4) is 0 Å². The number of thiophene rings is 1. The van der Waals surface area contributed by atoms with Crippen molar-refractivity contribution in [3.63, 3.8) is 0 Å². The van der Waals surface area contributed by atoms with E-state index in [1.54, 1.807) is 24.3 Å². The highest BCUT2D eigenvalue weighted by Gasteiger charge is 2.69. The Labute approximate surface area is 149 Å². The second-order valence-electron chi connectivity index (χ2n) is 5.71. The lowest BCUT2D eigenvalue weighted by atomic mass is 9.92.